The third-order valence-corrected chi connectivity index (χ3v) is 3.14. The van der Waals surface area contributed by atoms with E-state index in [0.29, 0.717) is 0 Å². The number of rotatable bonds is 2. The summed E-state index contributed by atoms with van der Waals surface area (Å²) in [5.41, 5.74) is -0.297. The second-order valence-corrected chi connectivity index (χ2v) is 6.01. The number of nitrogens with zero attached hydrogens (tertiary/aromatic N) is 1. The Balaban J connectivity index is 2.18. The molecule has 2 N–H and O–H groups in total. The Morgan fingerprint density at radius 3 is 2.55 bits per heavy atom. The summed E-state index contributed by atoms with van der Waals surface area (Å²) in [6.45, 7) is 5.19. The molecule has 108 valence electrons. The van der Waals surface area contributed by atoms with E-state index in [4.69, 9.17) is 4.74 Å². The molecule has 0 aliphatic heterocycles. The van der Waals surface area contributed by atoms with Crippen LogP contribution in [0.15, 0.2) is 18.5 Å². The fourth-order valence-corrected chi connectivity index (χ4v) is 2.29. The molecule has 0 aromatic carbocycles. The first-order valence-corrected chi connectivity index (χ1v) is 6.38. The molecule has 0 radical (unpaired) electrons. The van der Waals surface area contributed by atoms with Crippen molar-refractivity contribution in [1.29, 1.82) is 0 Å². The SMILES string of the molecule is CC(C)(C)OC(=O)NC1(C(=O)O)Cc2ccncc2C1. The van der Waals surface area contributed by atoms with Crippen molar-refractivity contribution < 1.29 is 19.4 Å². The van der Waals surface area contributed by atoms with E-state index in [1.165, 1.54) is 0 Å². The van der Waals surface area contributed by atoms with Crippen LogP contribution in [0.25, 0.3) is 0 Å². The van der Waals surface area contributed by atoms with Gasteiger partial charge in [0.25, 0.3) is 0 Å². The molecule has 1 aromatic rings. The summed E-state index contributed by atoms with van der Waals surface area (Å²) in [5.74, 6) is -1.07. The molecule has 1 atom stereocenters. The van der Waals surface area contributed by atoms with E-state index >= 15 is 0 Å². The summed E-state index contributed by atoms with van der Waals surface area (Å²) in [4.78, 5) is 27.4. The van der Waals surface area contributed by atoms with Crippen molar-refractivity contribution in [2.45, 2.75) is 44.8 Å². The van der Waals surface area contributed by atoms with Gasteiger partial charge < -0.3 is 15.2 Å². The van der Waals surface area contributed by atoms with E-state index in [1.54, 1.807) is 39.2 Å². The molecule has 0 bridgehead atoms. The number of hydrogen-bond donors (Lipinski definition) is 2. The summed E-state index contributed by atoms with van der Waals surface area (Å²) in [7, 11) is 0. The summed E-state index contributed by atoms with van der Waals surface area (Å²) in [5, 5.41) is 12.0. The van der Waals surface area contributed by atoms with Gasteiger partial charge in [0.1, 0.15) is 11.1 Å². The minimum absolute atomic E-state index is 0.213. The van der Waals surface area contributed by atoms with Crippen LogP contribution in [0.5, 0.6) is 0 Å². The smallest absolute Gasteiger partial charge is 0.408 e. The first-order chi connectivity index (χ1) is 9.22. The van der Waals surface area contributed by atoms with Crippen LogP contribution in [0.2, 0.25) is 0 Å². The van der Waals surface area contributed by atoms with Gasteiger partial charge in [-0.25, -0.2) is 9.59 Å². The van der Waals surface area contributed by atoms with Crippen LogP contribution >= 0.6 is 0 Å². The Labute approximate surface area is 117 Å². The number of carbonyl (C=O) groups is 2. The Morgan fingerprint density at radius 1 is 1.35 bits per heavy atom. The van der Waals surface area contributed by atoms with Crippen LogP contribution in [0, 0.1) is 0 Å². The number of carbonyl (C=O) groups excluding carboxylic acids is 1. The molecule has 1 heterocycles. The fourth-order valence-electron chi connectivity index (χ4n) is 2.29. The lowest BCUT2D eigenvalue weighted by Gasteiger charge is -2.28. The molecule has 2 rings (SSSR count). The van der Waals surface area contributed by atoms with Crippen LogP contribution in [0.4, 0.5) is 4.79 Å². The molecule has 6 nitrogen and oxygen atoms in total. The van der Waals surface area contributed by atoms with Crippen LogP contribution < -0.4 is 5.32 Å². The van der Waals surface area contributed by atoms with E-state index in [0.717, 1.165) is 11.1 Å². The number of aliphatic carboxylic acids is 1. The number of alkyl carbamates (subject to hydrolysis) is 1. The minimum atomic E-state index is -1.35. The highest BCUT2D eigenvalue weighted by atomic mass is 16.6. The predicted octanol–water partition coefficient (Wildman–Crippen LogP) is 1.53. The van der Waals surface area contributed by atoms with Crippen LogP contribution in [-0.2, 0) is 22.4 Å². The third-order valence-electron chi connectivity index (χ3n) is 3.14. The minimum Gasteiger partial charge on any atom is -0.479 e. The maximum absolute atomic E-state index is 11.9. The van der Waals surface area contributed by atoms with Crippen molar-refractivity contribution >= 4 is 12.1 Å². The number of nitrogens with one attached hydrogen (secondary N) is 1. The van der Waals surface area contributed by atoms with Crippen molar-refractivity contribution in [3.8, 4) is 0 Å². The number of carboxylic acid groups (broad SMARTS) is 1. The standard InChI is InChI=1S/C14H18N2O4/c1-13(2,3)20-12(19)16-14(11(17)18)6-9-4-5-15-8-10(9)7-14/h4-5,8H,6-7H2,1-3H3,(H,16,19)(H,17,18). The maximum atomic E-state index is 11.9. The van der Waals surface area contributed by atoms with Gasteiger partial charge in [-0.05, 0) is 38.0 Å². The van der Waals surface area contributed by atoms with Gasteiger partial charge in [0.05, 0.1) is 0 Å². The second-order valence-electron chi connectivity index (χ2n) is 6.01. The molecule has 1 amide bonds. The summed E-state index contributed by atoms with van der Waals surface area (Å²) >= 11 is 0. The molecule has 0 saturated carbocycles. The zero-order valence-electron chi connectivity index (χ0n) is 11.8. The third kappa shape index (κ3) is 2.89. The van der Waals surface area contributed by atoms with Crippen LogP contribution in [-0.4, -0.2) is 33.3 Å². The lowest BCUT2D eigenvalue weighted by Crippen LogP contribution is -2.56. The highest BCUT2D eigenvalue weighted by molar-refractivity contribution is 5.86. The number of fused-ring (bicyclic) bond motifs is 1. The predicted molar refractivity (Wildman–Crippen MR) is 71.4 cm³/mol. The number of ether oxygens (including phenoxy) is 1. The van der Waals surface area contributed by atoms with Crippen molar-refractivity contribution in [3.05, 3.63) is 29.6 Å². The van der Waals surface area contributed by atoms with Gasteiger partial charge in [-0.1, -0.05) is 0 Å². The Hall–Kier alpha value is -2.11. The van der Waals surface area contributed by atoms with Gasteiger partial charge in [-0.15, -0.1) is 0 Å². The quantitative estimate of drug-likeness (QED) is 0.856. The molecule has 1 aliphatic carbocycles. The van der Waals surface area contributed by atoms with Gasteiger partial charge >= 0.3 is 12.1 Å². The zero-order valence-corrected chi connectivity index (χ0v) is 11.8. The Morgan fingerprint density at radius 2 is 2.00 bits per heavy atom. The number of pyridine rings is 1. The summed E-state index contributed by atoms with van der Waals surface area (Å²) in [6, 6.07) is 1.77. The van der Waals surface area contributed by atoms with E-state index in [1.807, 2.05) is 0 Å². The lowest BCUT2D eigenvalue weighted by molar-refractivity contribution is -0.144. The molecular formula is C14H18N2O4. The van der Waals surface area contributed by atoms with Crippen LogP contribution in [0.1, 0.15) is 31.9 Å². The summed E-state index contributed by atoms with van der Waals surface area (Å²) < 4.78 is 5.14. The summed E-state index contributed by atoms with van der Waals surface area (Å²) in [6.07, 6.45) is 2.98. The zero-order chi connectivity index (χ0) is 15.0. The van der Waals surface area contributed by atoms with E-state index < -0.39 is 23.2 Å². The van der Waals surface area contributed by atoms with Crippen molar-refractivity contribution in [3.63, 3.8) is 0 Å². The number of aromatic nitrogens is 1. The fraction of sp³-hybridized carbons (Fsp3) is 0.500. The average Bonchev–Trinajstić information content (AvgIpc) is 2.65. The first-order valence-electron chi connectivity index (χ1n) is 6.38. The van der Waals surface area contributed by atoms with Crippen LogP contribution in [0.3, 0.4) is 0 Å². The van der Waals surface area contributed by atoms with E-state index in [-0.39, 0.29) is 12.8 Å². The van der Waals surface area contributed by atoms with Crippen molar-refractivity contribution in [2.75, 3.05) is 0 Å². The number of hydrogen-bond acceptors (Lipinski definition) is 4. The highest BCUT2D eigenvalue weighted by Gasteiger charge is 2.46. The molecular weight excluding hydrogens is 260 g/mol. The lowest BCUT2D eigenvalue weighted by atomic mass is 9.96. The first kappa shape index (κ1) is 14.3. The number of amides is 1. The van der Waals surface area contributed by atoms with Gasteiger partial charge in [-0.2, -0.15) is 0 Å². The molecule has 1 unspecified atom stereocenters. The van der Waals surface area contributed by atoms with E-state index in [9.17, 15) is 14.7 Å². The highest BCUT2D eigenvalue weighted by Crippen LogP contribution is 2.30. The Kier molecular flexibility index (Phi) is 3.41. The van der Waals surface area contributed by atoms with Crippen molar-refractivity contribution in [2.24, 2.45) is 0 Å². The molecule has 20 heavy (non-hydrogen) atoms. The monoisotopic (exact) mass is 278 g/mol. The molecule has 0 fully saturated rings. The topological polar surface area (TPSA) is 88.5 Å². The molecule has 0 spiro atoms. The molecule has 0 saturated heterocycles. The van der Waals surface area contributed by atoms with Crippen molar-refractivity contribution in [1.82, 2.24) is 10.3 Å². The van der Waals surface area contributed by atoms with Gasteiger partial charge in [0, 0.05) is 25.2 Å². The van der Waals surface area contributed by atoms with Gasteiger partial charge in [0.15, 0.2) is 0 Å². The normalized spacial score (nSPS) is 21.1. The van der Waals surface area contributed by atoms with E-state index in [2.05, 4.69) is 10.3 Å². The Bertz CT molecular complexity index is 523. The molecule has 1 aliphatic rings. The van der Waals surface area contributed by atoms with Gasteiger partial charge in [0.2, 0.25) is 0 Å². The largest absolute Gasteiger partial charge is 0.479 e. The molecule has 1 aromatic heterocycles. The number of carboxylic acids is 1. The maximum Gasteiger partial charge on any atom is 0.408 e. The second kappa shape index (κ2) is 4.77. The average molecular weight is 278 g/mol. The van der Waals surface area contributed by atoms with Gasteiger partial charge in [-0.3, -0.25) is 4.98 Å². The molecule has 6 heteroatoms.